The SMILES string of the molecule is [CH3][Ga]1[CH2]CCC[O]1. The third-order valence-corrected chi connectivity index (χ3v) is 5.66. The summed E-state index contributed by atoms with van der Waals surface area (Å²) in [7, 11) is 0. The van der Waals surface area contributed by atoms with Gasteiger partial charge >= 0.3 is 50.0 Å². The summed E-state index contributed by atoms with van der Waals surface area (Å²) in [5, 5.41) is 0. The third kappa shape index (κ3) is 1.89. The zero-order chi connectivity index (χ0) is 5.11. The van der Waals surface area contributed by atoms with E-state index in [0.717, 1.165) is 6.61 Å². The molecule has 1 rings (SSSR count). The van der Waals surface area contributed by atoms with Crippen LogP contribution < -0.4 is 0 Å². The van der Waals surface area contributed by atoms with Gasteiger partial charge in [-0.2, -0.15) is 0 Å². The zero-order valence-electron chi connectivity index (χ0n) is 4.81. The molecule has 0 atom stereocenters. The third-order valence-electron chi connectivity index (χ3n) is 1.41. The molecule has 1 nitrogen and oxygen atoms in total. The molecule has 0 saturated carbocycles. The minimum atomic E-state index is -0.990. The van der Waals surface area contributed by atoms with Gasteiger partial charge in [0.05, 0.1) is 0 Å². The summed E-state index contributed by atoms with van der Waals surface area (Å²) >= 11 is -0.990. The van der Waals surface area contributed by atoms with Crippen LogP contribution >= 0.6 is 0 Å². The summed E-state index contributed by atoms with van der Waals surface area (Å²) in [4.78, 5) is 1.45. The minimum absolute atomic E-state index is 0.990. The molecule has 0 aromatic carbocycles. The van der Waals surface area contributed by atoms with E-state index in [1.165, 1.54) is 17.8 Å². The predicted octanol–water partition coefficient (Wildman–Crippen LogP) is 1.42. The maximum absolute atomic E-state index is 5.47. The van der Waals surface area contributed by atoms with Crippen molar-refractivity contribution in [1.29, 1.82) is 0 Å². The normalized spacial score (nSPS) is 22.7. The van der Waals surface area contributed by atoms with E-state index in [1.807, 2.05) is 0 Å². The van der Waals surface area contributed by atoms with Gasteiger partial charge in [0.2, 0.25) is 0 Å². The topological polar surface area (TPSA) is 9.23 Å². The van der Waals surface area contributed by atoms with Crippen LogP contribution in [0.25, 0.3) is 0 Å². The van der Waals surface area contributed by atoms with Crippen molar-refractivity contribution in [2.75, 3.05) is 6.61 Å². The molecule has 2 heteroatoms. The molecule has 0 N–H and O–H groups in total. The Morgan fingerprint density at radius 1 is 1.43 bits per heavy atom. The molecule has 0 amide bonds. The molecule has 1 aliphatic rings. The fourth-order valence-corrected chi connectivity index (χ4v) is 4.26. The summed E-state index contributed by atoms with van der Waals surface area (Å²) in [5.41, 5.74) is 2.33. The van der Waals surface area contributed by atoms with E-state index in [4.69, 9.17) is 3.53 Å². The second-order valence-electron chi connectivity index (χ2n) is 2.18. The van der Waals surface area contributed by atoms with Gasteiger partial charge in [0.15, 0.2) is 0 Å². The van der Waals surface area contributed by atoms with E-state index < -0.39 is 16.6 Å². The molecule has 0 bridgehead atoms. The van der Waals surface area contributed by atoms with Crippen LogP contribution in [0.1, 0.15) is 12.8 Å². The predicted molar refractivity (Wildman–Crippen MR) is 31.6 cm³/mol. The van der Waals surface area contributed by atoms with E-state index in [-0.39, 0.29) is 0 Å². The molecule has 1 fully saturated rings. The fourth-order valence-electron chi connectivity index (χ4n) is 0.902. The van der Waals surface area contributed by atoms with Crippen molar-refractivity contribution < 1.29 is 3.53 Å². The van der Waals surface area contributed by atoms with Gasteiger partial charge < -0.3 is 0 Å². The Morgan fingerprint density at radius 2 is 2.29 bits per heavy atom. The van der Waals surface area contributed by atoms with E-state index in [2.05, 4.69) is 5.48 Å². The van der Waals surface area contributed by atoms with Gasteiger partial charge in [0.1, 0.15) is 0 Å². The van der Waals surface area contributed by atoms with Crippen LogP contribution in [0.15, 0.2) is 0 Å². The van der Waals surface area contributed by atoms with Gasteiger partial charge in [-0.05, 0) is 0 Å². The molecule has 0 unspecified atom stereocenters. The molecule has 7 heavy (non-hydrogen) atoms. The summed E-state index contributed by atoms with van der Waals surface area (Å²) in [5.74, 6) is 0. The van der Waals surface area contributed by atoms with E-state index in [9.17, 15) is 0 Å². The van der Waals surface area contributed by atoms with Crippen LogP contribution in [0.2, 0.25) is 10.5 Å². The Kier molecular flexibility index (Phi) is 2.29. The number of hydrogen-bond donors (Lipinski definition) is 0. The van der Waals surface area contributed by atoms with Gasteiger partial charge in [0, 0.05) is 0 Å². The molecule has 1 heterocycles. The quantitative estimate of drug-likeness (QED) is 0.483. The fraction of sp³-hybridized carbons (Fsp3) is 1.00. The Bertz CT molecular complexity index is 50.0. The van der Waals surface area contributed by atoms with Crippen LogP contribution in [0.5, 0.6) is 0 Å². The molecule has 0 radical (unpaired) electrons. The molecule has 0 spiro atoms. The van der Waals surface area contributed by atoms with Crippen molar-refractivity contribution >= 4 is 16.6 Å². The van der Waals surface area contributed by atoms with E-state index >= 15 is 0 Å². The summed E-state index contributed by atoms with van der Waals surface area (Å²) in [6.45, 7) is 1.07. The summed E-state index contributed by atoms with van der Waals surface area (Å²) < 4.78 is 5.47. The van der Waals surface area contributed by atoms with Crippen molar-refractivity contribution in [2.45, 2.75) is 23.3 Å². The first-order chi connectivity index (χ1) is 3.39. The molecule has 0 aliphatic carbocycles. The van der Waals surface area contributed by atoms with Crippen LogP contribution in [0, 0.1) is 0 Å². The van der Waals surface area contributed by atoms with Crippen LogP contribution in [0.4, 0.5) is 0 Å². The van der Waals surface area contributed by atoms with Crippen LogP contribution in [0.3, 0.4) is 0 Å². The Morgan fingerprint density at radius 3 is 2.57 bits per heavy atom. The zero-order valence-corrected chi connectivity index (χ0v) is 7.24. The van der Waals surface area contributed by atoms with Crippen LogP contribution in [-0.4, -0.2) is 23.2 Å². The molecule has 1 aliphatic heterocycles. The van der Waals surface area contributed by atoms with Crippen molar-refractivity contribution in [1.82, 2.24) is 0 Å². The van der Waals surface area contributed by atoms with Crippen LogP contribution in [-0.2, 0) is 3.53 Å². The Labute approximate surface area is 50.5 Å². The van der Waals surface area contributed by atoms with Gasteiger partial charge in [-0.1, -0.05) is 0 Å². The van der Waals surface area contributed by atoms with E-state index in [0.29, 0.717) is 0 Å². The first-order valence-electron chi connectivity index (χ1n) is 3.01. The second kappa shape index (κ2) is 2.80. The van der Waals surface area contributed by atoms with E-state index in [1.54, 1.807) is 0 Å². The second-order valence-corrected chi connectivity index (χ2v) is 7.49. The van der Waals surface area contributed by atoms with Crippen molar-refractivity contribution in [2.24, 2.45) is 0 Å². The van der Waals surface area contributed by atoms with Gasteiger partial charge in [-0.25, -0.2) is 0 Å². The molecular weight excluding hydrogens is 146 g/mol. The van der Waals surface area contributed by atoms with Gasteiger partial charge in [-0.3, -0.25) is 0 Å². The average molecular weight is 157 g/mol. The average Bonchev–Trinajstić information content (AvgIpc) is 1.69. The summed E-state index contributed by atoms with van der Waals surface area (Å²) in [6.07, 6.45) is 2.76. The monoisotopic (exact) mass is 156 g/mol. The Balaban J connectivity index is 2.12. The van der Waals surface area contributed by atoms with Crippen molar-refractivity contribution in [3.05, 3.63) is 0 Å². The number of hydrogen-bond acceptors (Lipinski definition) is 1. The molecule has 40 valence electrons. The van der Waals surface area contributed by atoms with Gasteiger partial charge in [-0.15, -0.1) is 0 Å². The van der Waals surface area contributed by atoms with Crippen molar-refractivity contribution in [3.8, 4) is 0 Å². The molecule has 1 saturated heterocycles. The summed E-state index contributed by atoms with van der Waals surface area (Å²) in [6, 6.07) is 0. The Hall–Kier alpha value is 0.596. The van der Waals surface area contributed by atoms with Crippen molar-refractivity contribution in [3.63, 3.8) is 0 Å². The molecule has 0 aromatic rings. The standard InChI is InChI=1S/C4H8O.CH3.Ga/c1-2-3-4-5;;/h1-4H2;1H3;/q-1;;+1. The number of rotatable bonds is 0. The molecule has 0 aromatic heterocycles. The first kappa shape index (κ1) is 5.73. The molecular formula is C5H11GaO. The van der Waals surface area contributed by atoms with Gasteiger partial charge in [0.25, 0.3) is 0 Å². The first-order valence-corrected chi connectivity index (χ1v) is 8.13. The maximum atomic E-state index is 5.47.